The Morgan fingerprint density at radius 2 is 2.21 bits per heavy atom. The summed E-state index contributed by atoms with van der Waals surface area (Å²) in [5, 5.41) is 2.03. The van der Waals surface area contributed by atoms with Crippen LogP contribution in [-0.4, -0.2) is 34.0 Å². The number of rotatable bonds is 5. The number of carbonyl (C=O) groups is 1. The molecule has 0 fully saturated rings. The van der Waals surface area contributed by atoms with Crippen LogP contribution in [-0.2, 0) is 13.0 Å². The lowest BCUT2D eigenvalue weighted by Crippen LogP contribution is -2.28. The van der Waals surface area contributed by atoms with Crippen molar-refractivity contribution >= 4 is 17.2 Å². The molecule has 4 rings (SSSR count). The maximum Gasteiger partial charge on any atom is 0.293 e. The minimum Gasteiger partial charge on any atom is -0.494 e. The van der Waals surface area contributed by atoms with Crippen LogP contribution in [0.2, 0.25) is 0 Å². The molecule has 144 valence electrons. The Balaban J connectivity index is 1.90. The molecule has 0 N–H and O–H groups in total. The molecule has 0 aliphatic carbocycles. The SMILES string of the molecule is C=C(C)N(C)C(=O)c1nc(-c2cccs2)c2n1CCc1cc(OCC)ccc1-2. The van der Waals surface area contributed by atoms with Crippen LogP contribution >= 0.6 is 11.3 Å². The molecule has 0 unspecified atom stereocenters. The van der Waals surface area contributed by atoms with E-state index in [-0.39, 0.29) is 5.91 Å². The van der Waals surface area contributed by atoms with Gasteiger partial charge in [0.2, 0.25) is 5.82 Å². The fourth-order valence-electron chi connectivity index (χ4n) is 3.51. The summed E-state index contributed by atoms with van der Waals surface area (Å²) in [5.74, 6) is 1.21. The van der Waals surface area contributed by atoms with Crippen molar-refractivity contribution in [2.75, 3.05) is 13.7 Å². The second kappa shape index (κ2) is 7.28. The third-order valence-corrected chi connectivity index (χ3v) is 5.91. The molecule has 1 amide bonds. The zero-order valence-corrected chi connectivity index (χ0v) is 17.2. The molecule has 3 aromatic rings. The summed E-state index contributed by atoms with van der Waals surface area (Å²) >= 11 is 1.63. The van der Waals surface area contributed by atoms with Crippen LogP contribution in [0.3, 0.4) is 0 Å². The van der Waals surface area contributed by atoms with Crippen molar-refractivity contribution in [2.45, 2.75) is 26.8 Å². The normalized spacial score (nSPS) is 12.2. The number of aryl methyl sites for hydroxylation is 1. The fourth-order valence-corrected chi connectivity index (χ4v) is 4.23. The van der Waals surface area contributed by atoms with Crippen molar-refractivity contribution < 1.29 is 9.53 Å². The van der Waals surface area contributed by atoms with Gasteiger partial charge in [0.25, 0.3) is 5.91 Å². The molecule has 0 bridgehead atoms. The fraction of sp³-hybridized carbons (Fsp3) is 0.273. The Kier molecular flexibility index (Phi) is 4.81. The van der Waals surface area contributed by atoms with Crippen LogP contribution in [0.5, 0.6) is 5.75 Å². The number of nitrogens with zero attached hydrogens (tertiary/aromatic N) is 3. The third-order valence-electron chi connectivity index (χ3n) is 5.04. The summed E-state index contributed by atoms with van der Waals surface area (Å²) in [5.41, 5.74) is 4.90. The molecule has 1 aliphatic heterocycles. The second-order valence-electron chi connectivity index (χ2n) is 6.86. The minimum atomic E-state index is -0.133. The van der Waals surface area contributed by atoms with E-state index in [0.717, 1.165) is 34.0 Å². The first-order valence-electron chi connectivity index (χ1n) is 9.35. The number of imidazole rings is 1. The molecule has 6 heteroatoms. The number of thiophene rings is 1. The van der Waals surface area contributed by atoms with E-state index in [0.29, 0.717) is 24.7 Å². The maximum atomic E-state index is 13.1. The number of hydrogen-bond donors (Lipinski definition) is 0. The lowest BCUT2D eigenvalue weighted by Gasteiger charge is -2.23. The number of benzene rings is 1. The largest absolute Gasteiger partial charge is 0.494 e. The predicted octanol–water partition coefficient (Wildman–Crippen LogP) is 4.84. The van der Waals surface area contributed by atoms with Gasteiger partial charge in [0.15, 0.2) is 0 Å². The van der Waals surface area contributed by atoms with E-state index in [9.17, 15) is 4.79 Å². The summed E-state index contributed by atoms with van der Waals surface area (Å²) in [6.45, 7) is 9.05. The van der Waals surface area contributed by atoms with E-state index in [2.05, 4.69) is 23.3 Å². The molecule has 3 heterocycles. The predicted molar refractivity (Wildman–Crippen MR) is 113 cm³/mol. The Hall–Kier alpha value is -2.86. The van der Waals surface area contributed by atoms with Gasteiger partial charge in [0.05, 0.1) is 17.2 Å². The molecule has 1 aliphatic rings. The molecule has 5 nitrogen and oxygen atoms in total. The van der Waals surface area contributed by atoms with Crippen LogP contribution in [0.15, 0.2) is 48.0 Å². The van der Waals surface area contributed by atoms with Gasteiger partial charge in [-0.05, 0) is 55.5 Å². The number of amides is 1. The molecular weight excluding hydrogens is 370 g/mol. The van der Waals surface area contributed by atoms with Gasteiger partial charge >= 0.3 is 0 Å². The Labute approximate surface area is 168 Å². The number of allylic oxidation sites excluding steroid dienone is 1. The Morgan fingerprint density at radius 3 is 2.89 bits per heavy atom. The highest BCUT2D eigenvalue weighted by Gasteiger charge is 2.30. The minimum absolute atomic E-state index is 0.133. The van der Waals surface area contributed by atoms with Gasteiger partial charge < -0.3 is 14.2 Å². The molecule has 28 heavy (non-hydrogen) atoms. The average molecular weight is 394 g/mol. The van der Waals surface area contributed by atoms with Gasteiger partial charge in [-0.1, -0.05) is 12.6 Å². The van der Waals surface area contributed by atoms with Crippen molar-refractivity contribution in [3.63, 3.8) is 0 Å². The summed E-state index contributed by atoms with van der Waals surface area (Å²) in [4.78, 5) is 20.5. The highest BCUT2D eigenvalue weighted by atomic mass is 32.1. The zero-order chi connectivity index (χ0) is 19.8. The van der Waals surface area contributed by atoms with Gasteiger partial charge in [0, 0.05) is 24.9 Å². The lowest BCUT2D eigenvalue weighted by molar-refractivity contribution is 0.0820. The van der Waals surface area contributed by atoms with Gasteiger partial charge in [-0.2, -0.15) is 0 Å². The molecule has 1 aromatic carbocycles. The van der Waals surface area contributed by atoms with Crippen LogP contribution in [0.25, 0.3) is 21.8 Å². The molecule has 0 saturated carbocycles. The monoisotopic (exact) mass is 393 g/mol. The van der Waals surface area contributed by atoms with E-state index < -0.39 is 0 Å². The van der Waals surface area contributed by atoms with E-state index in [1.165, 1.54) is 5.56 Å². The van der Waals surface area contributed by atoms with E-state index >= 15 is 0 Å². The topological polar surface area (TPSA) is 47.4 Å². The summed E-state index contributed by atoms with van der Waals surface area (Å²) in [6.07, 6.45) is 0.834. The van der Waals surface area contributed by atoms with Crippen molar-refractivity contribution in [1.29, 1.82) is 0 Å². The molecule has 0 saturated heterocycles. The zero-order valence-electron chi connectivity index (χ0n) is 16.4. The highest BCUT2D eigenvalue weighted by Crippen LogP contribution is 2.40. The summed E-state index contributed by atoms with van der Waals surface area (Å²) in [6, 6.07) is 10.2. The van der Waals surface area contributed by atoms with Crippen molar-refractivity contribution in [2.24, 2.45) is 0 Å². The van der Waals surface area contributed by atoms with E-state index in [4.69, 9.17) is 9.72 Å². The summed E-state index contributed by atoms with van der Waals surface area (Å²) < 4.78 is 7.73. The number of hydrogen-bond acceptors (Lipinski definition) is 4. The second-order valence-corrected chi connectivity index (χ2v) is 7.81. The Bertz CT molecular complexity index is 1050. The molecule has 0 radical (unpaired) electrons. The first-order chi connectivity index (χ1) is 13.5. The maximum absolute atomic E-state index is 13.1. The summed E-state index contributed by atoms with van der Waals surface area (Å²) in [7, 11) is 1.74. The highest BCUT2D eigenvalue weighted by molar-refractivity contribution is 7.13. The van der Waals surface area contributed by atoms with Crippen LogP contribution in [0.1, 0.15) is 30.0 Å². The quantitative estimate of drug-likeness (QED) is 0.623. The van der Waals surface area contributed by atoms with Crippen molar-refractivity contribution in [3.8, 4) is 27.6 Å². The first kappa shape index (κ1) is 18.5. The number of ether oxygens (including phenoxy) is 1. The van der Waals surface area contributed by atoms with Gasteiger partial charge in [-0.15, -0.1) is 11.3 Å². The first-order valence-corrected chi connectivity index (χ1v) is 10.2. The Morgan fingerprint density at radius 1 is 1.39 bits per heavy atom. The number of fused-ring (bicyclic) bond motifs is 3. The van der Waals surface area contributed by atoms with Crippen molar-refractivity contribution in [1.82, 2.24) is 14.5 Å². The van der Waals surface area contributed by atoms with Gasteiger partial charge in [-0.3, -0.25) is 4.79 Å². The molecule has 2 aromatic heterocycles. The van der Waals surface area contributed by atoms with Crippen molar-refractivity contribution in [3.05, 3.63) is 59.4 Å². The molecule has 0 atom stereocenters. The van der Waals surface area contributed by atoms with Crippen LogP contribution < -0.4 is 4.74 Å². The number of aromatic nitrogens is 2. The van der Waals surface area contributed by atoms with Crippen LogP contribution in [0, 0.1) is 0 Å². The average Bonchev–Trinajstić information content (AvgIpc) is 3.34. The molecule has 0 spiro atoms. The third kappa shape index (κ3) is 3.03. The van der Waals surface area contributed by atoms with Crippen LogP contribution in [0.4, 0.5) is 0 Å². The van der Waals surface area contributed by atoms with Gasteiger partial charge in [-0.25, -0.2) is 4.98 Å². The smallest absolute Gasteiger partial charge is 0.293 e. The molecular formula is C22H23N3O2S. The van der Waals surface area contributed by atoms with E-state index in [1.807, 2.05) is 37.4 Å². The number of carbonyl (C=O) groups excluding carboxylic acids is 1. The lowest BCUT2D eigenvalue weighted by atomic mass is 9.96. The van der Waals surface area contributed by atoms with E-state index in [1.54, 1.807) is 23.3 Å². The standard InChI is InChI=1S/C22H23N3O2S/c1-5-27-16-8-9-17-15(13-16)10-11-25-20(17)19(18-7-6-12-28-18)23-21(25)22(26)24(4)14(2)3/h6-9,12-13H,2,5,10-11H2,1,3-4H3. The van der Waals surface area contributed by atoms with Gasteiger partial charge in [0.1, 0.15) is 11.4 Å².